The molecule has 90 valence electrons. The highest BCUT2D eigenvalue weighted by molar-refractivity contribution is 4.92. The predicted octanol–water partition coefficient (Wildman–Crippen LogP) is 0.850. The minimum atomic E-state index is 0.639. The van der Waals surface area contributed by atoms with Crippen molar-refractivity contribution in [1.29, 1.82) is 0 Å². The zero-order chi connectivity index (χ0) is 11.5. The molecule has 1 aromatic rings. The van der Waals surface area contributed by atoms with E-state index in [1.165, 1.54) is 6.42 Å². The van der Waals surface area contributed by atoms with E-state index in [1.807, 2.05) is 12.4 Å². The molecule has 0 spiro atoms. The molecule has 1 N–H and O–H groups in total. The Labute approximate surface area is 97.7 Å². The van der Waals surface area contributed by atoms with Gasteiger partial charge in [-0.25, -0.2) is 4.98 Å². The molecule has 2 heterocycles. The molecule has 1 aliphatic heterocycles. The summed E-state index contributed by atoms with van der Waals surface area (Å²) in [6.07, 6.45) is 5.16. The van der Waals surface area contributed by atoms with Crippen LogP contribution in [0.15, 0.2) is 12.4 Å². The number of piperidine rings is 1. The molecule has 2 rings (SSSR count). The average molecular weight is 222 g/mol. The van der Waals surface area contributed by atoms with Gasteiger partial charge in [-0.2, -0.15) is 0 Å². The highest BCUT2D eigenvalue weighted by Gasteiger charge is 2.22. The standard InChI is InChI=1S/C12H22N4/c1-10-6-11(8-13-7-10)16(3)9-12-14-4-5-15(12)2/h4-5,10-11,13H,6-9H2,1-3H3. The lowest BCUT2D eigenvalue weighted by atomic mass is 9.97. The van der Waals surface area contributed by atoms with Crippen molar-refractivity contribution in [2.45, 2.75) is 25.9 Å². The zero-order valence-electron chi connectivity index (χ0n) is 10.5. The Kier molecular flexibility index (Phi) is 3.61. The van der Waals surface area contributed by atoms with Crippen molar-refractivity contribution in [3.63, 3.8) is 0 Å². The van der Waals surface area contributed by atoms with Gasteiger partial charge in [0.05, 0.1) is 6.54 Å². The molecule has 2 atom stereocenters. The minimum absolute atomic E-state index is 0.639. The van der Waals surface area contributed by atoms with E-state index in [-0.39, 0.29) is 0 Å². The molecule has 4 nitrogen and oxygen atoms in total. The maximum atomic E-state index is 4.37. The molecule has 0 aliphatic carbocycles. The van der Waals surface area contributed by atoms with Crippen LogP contribution < -0.4 is 5.32 Å². The summed E-state index contributed by atoms with van der Waals surface area (Å²) in [5.74, 6) is 1.92. The van der Waals surface area contributed by atoms with Gasteiger partial charge < -0.3 is 9.88 Å². The second kappa shape index (κ2) is 4.97. The van der Waals surface area contributed by atoms with Gasteiger partial charge in [0.15, 0.2) is 0 Å². The number of hydrogen-bond donors (Lipinski definition) is 1. The van der Waals surface area contributed by atoms with Crippen LogP contribution >= 0.6 is 0 Å². The summed E-state index contributed by atoms with van der Waals surface area (Å²) in [6, 6.07) is 0.639. The fraction of sp³-hybridized carbons (Fsp3) is 0.750. The zero-order valence-corrected chi connectivity index (χ0v) is 10.5. The first-order valence-electron chi connectivity index (χ1n) is 6.04. The lowest BCUT2D eigenvalue weighted by Gasteiger charge is -2.34. The lowest BCUT2D eigenvalue weighted by Crippen LogP contribution is -2.46. The van der Waals surface area contributed by atoms with Crippen molar-refractivity contribution in [2.75, 3.05) is 20.1 Å². The second-order valence-electron chi connectivity index (χ2n) is 5.02. The summed E-state index contributed by atoms with van der Waals surface area (Å²) in [4.78, 5) is 6.78. The maximum absolute atomic E-state index is 4.37. The summed E-state index contributed by atoms with van der Waals surface area (Å²) in [5.41, 5.74) is 0. The van der Waals surface area contributed by atoms with E-state index in [2.05, 4.69) is 40.8 Å². The van der Waals surface area contributed by atoms with Crippen molar-refractivity contribution in [1.82, 2.24) is 19.8 Å². The highest BCUT2D eigenvalue weighted by atomic mass is 15.2. The molecule has 2 unspecified atom stereocenters. The molecule has 1 aromatic heterocycles. The molecule has 16 heavy (non-hydrogen) atoms. The van der Waals surface area contributed by atoms with Crippen molar-refractivity contribution in [3.8, 4) is 0 Å². The van der Waals surface area contributed by atoms with Crippen LogP contribution in [0.2, 0.25) is 0 Å². The minimum Gasteiger partial charge on any atom is -0.337 e. The fourth-order valence-corrected chi connectivity index (χ4v) is 2.36. The number of imidazole rings is 1. The van der Waals surface area contributed by atoms with Gasteiger partial charge in [-0.05, 0) is 25.9 Å². The maximum Gasteiger partial charge on any atom is 0.122 e. The van der Waals surface area contributed by atoms with Gasteiger partial charge in [0, 0.05) is 32.0 Å². The molecule has 0 aromatic carbocycles. The molecule has 0 amide bonds. The molecule has 0 saturated carbocycles. The van der Waals surface area contributed by atoms with Crippen LogP contribution in [0.25, 0.3) is 0 Å². The summed E-state index contributed by atoms with van der Waals surface area (Å²) in [6.45, 7) is 5.51. The van der Waals surface area contributed by atoms with Crippen molar-refractivity contribution >= 4 is 0 Å². The van der Waals surface area contributed by atoms with Gasteiger partial charge in [-0.1, -0.05) is 6.92 Å². The lowest BCUT2D eigenvalue weighted by molar-refractivity contribution is 0.166. The molecular weight excluding hydrogens is 200 g/mol. The Morgan fingerprint density at radius 1 is 1.56 bits per heavy atom. The normalized spacial score (nSPS) is 26.2. The first kappa shape index (κ1) is 11.6. The van der Waals surface area contributed by atoms with Crippen LogP contribution in [0.3, 0.4) is 0 Å². The van der Waals surface area contributed by atoms with Crippen molar-refractivity contribution in [2.24, 2.45) is 13.0 Å². The van der Waals surface area contributed by atoms with Gasteiger partial charge >= 0.3 is 0 Å². The van der Waals surface area contributed by atoms with Crippen LogP contribution in [0, 0.1) is 5.92 Å². The van der Waals surface area contributed by atoms with E-state index in [4.69, 9.17) is 0 Å². The molecule has 0 radical (unpaired) electrons. The Morgan fingerprint density at radius 3 is 3.00 bits per heavy atom. The molecule has 0 bridgehead atoms. The Hall–Kier alpha value is -0.870. The molecule has 4 heteroatoms. The van der Waals surface area contributed by atoms with Crippen LogP contribution in [0.4, 0.5) is 0 Å². The Bertz CT molecular complexity index is 334. The number of aromatic nitrogens is 2. The highest BCUT2D eigenvalue weighted by Crippen LogP contribution is 2.15. The van der Waals surface area contributed by atoms with Gasteiger partial charge in [0.1, 0.15) is 5.82 Å². The van der Waals surface area contributed by atoms with Gasteiger partial charge in [-0.15, -0.1) is 0 Å². The van der Waals surface area contributed by atoms with Crippen LogP contribution in [-0.4, -0.2) is 40.6 Å². The first-order valence-corrected chi connectivity index (χ1v) is 6.04. The summed E-state index contributed by atoms with van der Waals surface area (Å²) in [7, 11) is 4.25. The van der Waals surface area contributed by atoms with Crippen LogP contribution in [-0.2, 0) is 13.6 Å². The van der Waals surface area contributed by atoms with E-state index < -0.39 is 0 Å². The third-order valence-corrected chi connectivity index (χ3v) is 3.48. The number of nitrogens with zero attached hydrogens (tertiary/aromatic N) is 3. The fourth-order valence-electron chi connectivity index (χ4n) is 2.36. The number of likely N-dealkylation sites (N-methyl/N-ethyl adjacent to an activating group) is 1. The smallest absolute Gasteiger partial charge is 0.122 e. The second-order valence-corrected chi connectivity index (χ2v) is 5.02. The molecule has 1 fully saturated rings. The van der Waals surface area contributed by atoms with E-state index in [9.17, 15) is 0 Å². The number of hydrogen-bond acceptors (Lipinski definition) is 3. The van der Waals surface area contributed by atoms with E-state index in [1.54, 1.807) is 0 Å². The van der Waals surface area contributed by atoms with Gasteiger partial charge in [0.25, 0.3) is 0 Å². The number of rotatable bonds is 3. The van der Waals surface area contributed by atoms with E-state index >= 15 is 0 Å². The first-order chi connectivity index (χ1) is 7.66. The van der Waals surface area contributed by atoms with Crippen molar-refractivity contribution in [3.05, 3.63) is 18.2 Å². The van der Waals surface area contributed by atoms with Crippen molar-refractivity contribution < 1.29 is 0 Å². The molecular formula is C12H22N4. The monoisotopic (exact) mass is 222 g/mol. The topological polar surface area (TPSA) is 33.1 Å². The molecule has 1 saturated heterocycles. The quantitative estimate of drug-likeness (QED) is 0.823. The number of nitrogens with one attached hydrogen (secondary N) is 1. The third kappa shape index (κ3) is 2.62. The van der Waals surface area contributed by atoms with Gasteiger partial charge in [0.2, 0.25) is 0 Å². The predicted molar refractivity (Wildman–Crippen MR) is 65.1 cm³/mol. The summed E-state index contributed by atoms with van der Waals surface area (Å²) in [5, 5.41) is 3.49. The number of aryl methyl sites for hydroxylation is 1. The molecule has 1 aliphatic rings. The van der Waals surface area contributed by atoms with Crippen LogP contribution in [0.5, 0.6) is 0 Å². The van der Waals surface area contributed by atoms with Crippen LogP contribution in [0.1, 0.15) is 19.2 Å². The van der Waals surface area contributed by atoms with Gasteiger partial charge in [-0.3, -0.25) is 4.90 Å². The summed E-state index contributed by atoms with van der Waals surface area (Å²) < 4.78 is 2.09. The third-order valence-electron chi connectivity index (χ3n) is 3.48. The van der Waals surface area contributed by atoms with E-state index in [0.717, 1.165) is 31.4 Å². The Balaban J connectivity index is 1.92. The summed E-state index contributed by atoms with van der Waals surface area (Å²) >= 11 is 0. The van der Waals surface area contributed by atoms with E-state index in [0.29, 0.717) is 6.04 Å². The Morgan fingerprint density at radius 2 is 2.38 bits per heavy atom. The average Bonchev–Trinajstić information content (AvgIpc) is 2.64. The largest absolute Gasteiger partial charge is 0.337 e. The SMILES string of the molecule is CC1CNCC(N(C)Cc2nccn2C)C1.